The van der Waals surface area contributed by atoms with Crippen LogP contribution in [-0.4, -0.2) is 20.1 Å². The second-order valence-electron chi connectivity index (χ2n) is 3.01. The van der Waals surface area contributed by atoms with Gasteiger partial charge in [0.05, 0.1) is 10.0 Å². The number of hydrogen-bond donors (Lipinski definition) is 2. The largest absolute Gasteiger partial charge is 0.369 e. The van der Waals surface area contributed by atoms with E-state index in [0.717, 1.165) is 0 Å². The molecule has 17 heavy (non-hydrogen) atoms. The Morgan fingerprint density at radius 2 is 1.71 bits per heavy atom. The van der Waals surface area contributed by atoms with Crippen molar-refractivity contribution in [2.24, 2.45) is 0 Å². The Hall–Kier alpha value is 0.520. The van der Waals surface area contributed by atoms with E-state index in [1.54, 1.807) is 18.2 Å². The standard InChI is InChI=1S/C9H6Cl5NOS/c10-4-2-1-3-5(11)6(4)7(17)15-8(16)9(12,13)14/h1-3,8,16H,(H,15,17). The third kappa shape index (κ3) is 4.28. The number of aliphatic hydroxyl groups excluding tert-OH is 1. The summed E-state index contributed by atoms with van der Waals surface area (Å²) < 4.78 is -1.90. The highest BCUT2D eigenvalue weighted by atomic mass is 35.6. The molecule has 8 heteroatoms. The number of hydrogen-bond acceptors (Lipinski definition) is 2. The Labute approximate surface area is 129 Å². The number of halogens is 5. The molecule has 0 spiro atoms. The molecule has 0 aliphatic heterocycles. The van der Waals surface area contributed by atoms with E-state index in [1.807, 2.05) is 0 Å². The van der Waals surface area contributed by atoms with Crippen molar-refractivity contribution >= 4 is 75.2 Å². The van der Waals surface area contributed by atoms with Crippen molar-refractivity contribution in [2.45, 2.75) is 10.0 Å². The maximum Gasteiger partial charge on any atom is 0.234 e. The molecule has 1 unspecified atom stereocenters. The maximum atomic E-state index is 9.52. The average Bonchev–Trinajstić information content (AvgIpc) is 2.15. The fourth-order valence-electron chi connectivity index (χ4n) is 0.993. The summed E-state index contributed by atoms with van der Waals surface area (Å²) in [6.45, 7) is 0. The van der Waals surface area contributed by atoms with Crippen molar-refractivity contribution in [1.82, 2.24) is 5.32 Å². The van der Waals surface area contributed by atoms with E-state index in [0.29, 0.717) is 15.6 Å². The smallest absolute Gasteiger partial charge is 0.234 e. The number of benzene rings is 1. The minimum atomic E-state index is -1.90. The molecular weight excluding hydrogens is 347 g/mol. The van der Waals surface area contributed by atoms with Gasteiger partial charge in [-0.05, 0) is 12.1 Å². The number of nitrogens with one attached hydrogen (secondary N) is 1. The van der Waals surface area contributed by atoms with Crippen LogP contribution in [0.2, 0.25) is 10.0 Å². The number of thiocarbonyl (C=S) groups is 1. The molecule has 2 nitrogen and oxygen atoms in total. The minimum Gasteiger partial charge on any atom is -0.369 e. The monoisotopic (exact) mass is 351 g/mol. The van der Waals surface area contributed by atoms with Crippen LogP contribution >= 0.6 is 70.2 Å². The lowest BCUT2D eigenvalue weighted by Gasteiger charge is -2.22. The van der Waals surface area contributed by atoms with Gasteiger partial charge < -0.3 is 10.4 Å². The summed E-state index contributed by atoms with van der Waals surface area (Å²) >= 11 is 33.3. The van der Waals surface area contributed by atoms with Gasteiger partial charge in [-0.3, -0.25) is 0 Å². The van der Waals surface area contributed by atoms with E-state index in [4.69, 9.17) is 70.2 Å². The van der Waals surface area contributed by atoms with E-state index >= 15 is 0 Å². The van der Waals surface area contributed by atoms with Crippen LogP contribution in [0.5, 0.6) is 0 Å². The zero-order valence-electron chi connectivity index (χ0n) is 8.05. The molecule has 0 saturated carbocycles. The van der Waals surface area contributed by atoms with Crippen molar-refractivity contribution in [3.8, 4) is 0 Å². The lowest BCUT2D eigenvalue weighted by molar-refractivity contribution is 0.165. The Balaban J connectivity index is 2.92. The van der Waals surface area contributed by atoms with Gasteiger partial charge in [0, 0.05) is 5.56 Å². The van der Waals surface area contributed by atoms with E-state index in [1.165, 1.54) is 0 Å². The molecule has 0 heterocycles. The number of alkyl halides is 3. The molecule has 0 aliphatic rings. The van der Waals surface area contributed by atoms with Gasteiger partial charge >= 0.3 is 0 Å². The second-order valence-corrected chi connectivity index (χ2v) is 6.61. The Bertz CT molecular complexity index is 414. The first-order valence-corrected chi connectivity index (χ1v) is 6.53. The van der Waals surface area contributed by atoms with Crippen LogP contribution in [0.15, 0.2) is 18.2 Å². The van der Waals surface area contributed by atoms with Gasteiger partial charge in [-0.25, -0.2) is 0 Å². The Morgan fingerprint density at radius 3 is 2.12 bits per heavy atom. The van der Waals surface area contributed by atoms with E-state index in [-0.39, 0.29) is 4.99 Å². The summed E-state index contributed by atoms with van der Waals surface area (Å²) in [4.78, 5) is 0.0967. The molecule has 1 atom stereocenters. The van der Waals surface area contributed by atoms with Gasteiger partial charge in [0.25, 0.3) is 0 Å². The topological polar surface area (TPSA) is 32.3 Å². The third-order valence-electron chi connectivity index (χ3n) is 1.77. The Morgan fingerprint density at radius 1 is 1.24 bits per heavy atom. The van der Waals surface area contributed by atoms with Gasteiger partial charge in [-0.15, -0.1) is 0 Å². The molecule has 0 bridgehead atoms. The van der Waals surface area contributed by atoms with Crippen molar-refractivity contribution in [2.75, 3.05) is 0 Å². The molecule has 0 amide bonds. The molecule has 0 aliphatic carbocycles. The van der Waals surface area contributed by atoms with Crippen LogP contribution in [0.3, 0.4) is 0 Å². The third-order valence-corrected chi connectivity index (χ3v) is 3.34. The lowest BCUT2D eigenvalue weighted by atomic mass is 10.2. The van der Waals surface area contributed by atoms with E-state index < -0.39 is 10.0 Å². The van der Waals surface area contributed by atoms with Crippen LogP contribution in [0.4, 0.5) is 0 Å². The summed E-state index contributed by atoms with van der Waals surface area (Å²) in [5.41, 5.74) is 0.374. The molecular formula is C9H6Cl5NOS. The summed E-state index contributed by atoms with van der Waals surface area (Å²) in [7, 11) is 0. The average molecular weight is 353 g/mol. The van der Waals surface area contributed by atoms with Crippen molar-refractivity contribution in [3.05, 3.63) is 33.8 Å². The lowest BCUT2D eigenvalue weighted by Crippen LogP contribution is -2.43. The highest BCUT2D eigenvalue weighted by Gasteiger charge is 2.31. The van der Waals surface area contributed by atoms with Crippen molar-refractivity contribution < 1.29 is 5.11 Å². The first-order valence-electron chi connectivity index (χ1n) is 4.23. The second kappa shape index (κ2) is 6.11. The number of rotatable bonds is 2. The fourth-order valence-corrected chi connectivity index (χ4v) is 2.19. The van der Waals surface area contributed by atoms with Gasteiger partial charge in [0.15, 0.2) is 6.23 Å². The molecule has 1 aromatic carbocycles. The van der Waals surface area contributed by atoms with Gasteiger partial charge in [0.1, 0.15) is 4.99 Å². The first kappa shape index (κ1) is 15.6. The highest BCUT2D eigenvalue weighted by Crippen LogP contribution is 2.30. The molecule has 0 aromatic heterocycles. The van der Waals surface area contributed by atoms with Crippen molar-refractivity contribution in [3.63, 3.8) is 0 Å². The molecule has 0 saturated heterocycles. The summed E-state index contributed by atoms with van der Waals surface area (Å²) in [6.07, 6.45) is -1.47. The van der Waals surface area contributed by atoms with Crippen LogP contribution in [0.25, 0.3) is 0 Å². The predicted molar refractivity (Wildman–Crippen MR) is 77.6 cm³/mol. The summed E-state index contributed by atoms with van der Waals surface area (Å²) in [6, 6.07) is 4.89. The fraction of sp³-hybridized carbons (Fsp3) is 0.222. The van der Waals surface area contributed by atoms with Gasteiger partial charge in [-0.1, -0.05) is 76.3 Å². The highest BCUT2D eigenvalue weighted by molar-refractivity contribution is 7.80. The van der Waals surface area contributed by atoms with E-state index in [9.17, 15) is 5.11 Å². The molecule has 1 rings (SSSR count). The van der Waals surface area contributed by atoms with Crippen LogP contribution in [0, 0.1) is 0 Å². The number of aliphatic hydroxyl groups is 1. The predicted octanol–water partition coefficient (Wildman–Crippen LogP) is 3.95. The van der Waals surface area contributed by atoms with Gasteiger partial charge in [-0.2, -0.15) is 0 Å². The first-order chi connectivity index (χ1) is 7.73. The zero-order valence-corrected chi connectivity index (χ0v) is 12.7. The molecule has 0 fully saturated rings. The van der Waals surface area contributed by atoms with Crippen molar-refractivity contribution in [1.29, 1.82) is 0 Å². The molecule has 2 N–H and O–H groups in total. The van der Waals surface area contributed by atoms with Crippen LogP contribution in [0.1, 0.15) is 5.56 Å². The summed E-state index contributed by atoms with van der Waals surface area (Å²) in [5, 5.41) is 12.6. The van der Waals surface area contributed by atoms with Gasteiger partial charge in [0.2, 0.25) is 3.79 Å². The van der Waals surface area contributed by atoms with Crippen LogP contribution < -0.4 is 5.32 Å². The maximum absolute atomic E-state index is 9.52. The summed E-state index contributed by atoms with van der Waals surface area (Å²) in [5.74, 6) is 0. The molecule has 0 radical (unpaired) electrons. The van der Waals surface area contributed by atoms with E-state index in [2.05, 4.69) is 5.32 Å². The molecule has 1 aromatic rings. The zero-order chi connectivity index (χ0) is 13.2. The normalized spacial score (nSPS) is 13.3. The minimum absolute atomic E-state index is 0.0967. The Kier molecular flexibility index (Phi) is 5.60. The van der Waals surface area contributed by atoms with Crippen LogP contribution in [-0.2, 0) is 0 Å². The SMILES string of the molecule is OC(NC(=S)c1c(Cl)cccc1Cl)C(Cl)(Cl)Cl. The molecule has 94 valence electrons. The quantitative estimate of drug-likeness (QED) is 0.480.